The molecule has 0 heterocycles. The molecule has 1 saturated carbocycles. The van der Waals surface area contributed by atoms with E-state index in [1.165, 1.54) is 44.9 Å². The topological polar surface area (TPSA) is 23.5 Å². The Kier molecular flexibility index (Phi) is 7.38. The first-order chi connectivity index (χ1) is 8.95. The summed E-state index contributed by atoms with van der Waals surface area (Å²) in [4.78, 5) is 2.28. The molecule has 2 nitrogen and oxygen atoms in total. The summed E-state index contributed by atoms with van der Waals surface area (Å²) in [5.41, 5.74) is 0.306. The second-order valence-electron chi connectivity index (χ2n) is 7.52. The van der Waals surface area contributed by atoms with Crippen molar-refractivity contribution in [2.45, 2.75) is 65.2 Å². The molecule has 0 saturated heterocycles. The second-order valence-corrected chi connectivity index (χ2v) is 7.52. The Morgan fingerprint density at radius 3 is 2.26 bits per heavy atom. The van der Waals surface area contributed by atoms with Crippen LogP contribution in [-0.2, 0) is 0 Å². The molecule has 19 heavy (non-hydrogen) atoms. The fourth-order valence-electron chi connectivity index (χ4n) is 3.94. The Balaban J connectivity index is 2.46. The molecule has 114 valence electrons. The van der Waals surface area contributed by atoms with Crippen LogP contribution >= 0.6 is 0 Å². The van der Waals surface area contributed by atoms with Crippen LogP contribution in [0.4, 0.5) is 0 Å². The summed E-state index contributed by atoms with van der Waals surface area (Å²) in [6, 6.07) is 0. The number of nitrogens with zero attached hydrogens (tertiary/aromatic N) is 1. The van der Waals surface area contributed by atoms with E-state index in [2.05, 4.69) is 32.8 Å². The maximum Gasteiger partial charge on any atom is 0.0433 e. The molecule has 0 aromatic heterocycles. The van der Waals surface area contributed by atoms with Crippen LogP contribution in [0.5, 0.6) is 0 Å². The van der Waals surface area contributed by atoms with Gasteiger partial charge in [-0.3, -0.25) is 0 Å². The summed E-state index contributed by atoms with van der Waals surface area (Å²) < 4.78 is 0. The molecule has 1 aliphatic rings. The largest absolute Gasteiger partial charge is 0.396 e. The summed E-state index contributed by atoms with van der Waals surface area (Å²) in [7, 11) is 4.30. The standard InChI is InChI=1S/C17H35NO/c1-17(2,14-18(3)4)16(12-13-19)11-10-15-8-6-5-7-9-15/h15-16,19H,5-14H2,1-4H3. The first-order valence-corrected chi connectivity index (χ1v) is 8.21. The Hall–Kier alpha value is -0.0800. The molecule has 0 aromatic rings. The lowest BCUT2D eigenvalue weighted by atomic mass is 9.72. The molecule has 2 heteroatoms. The van der Waals surface area contributed by atoms with Gasteiger partial charge in [0.2, 0.25) is 0 Å². The van der Waals surface area contributed by atoms with Gasteiger partial charge in [0.15, 0.2) is 0 Å². The normalized spacial score (nSPS) is 19.9. The molecule has 1 rings (SSSR count). The average Bonchev–Trinajstić information content (AvgIpc) is 2.34. The third kappa shape index (κ3) is 6.27. The van der Waals surface area contributed by atoms with Gasteiger partial charge in [-0.2, -0.15) is 0 Å². The van der Waals surface area contributed by atoms with Crippen LogP contribution in [0.2, 0.25) is 0 Å². The van der Waals surface area contributed by atoms with Crippen molar-refractivity contribution in [1.29, 1.82) is 0 Å². The highest BCUT2D eigenvalue weighted by molar-refractivity contribution is 4.81. The minimum atomic E-state index is 0.306. The number of rotatable bonds is 8. The summed E-state index contributed by atoms with van der Waals surface area (Å²) in [6.07, 6.45) is 10.9. The minimum Gasteiger partial charge on any atom is -0.396 e. The van der Waals surface area contributed by atoms with E-state index >= 15 is 0 Å². The Morgan fingerprint density at radius 2 is 1.74 bits per heavy atom. The van der Waals surface area contributed by atoms with Crippen molar-refractivity contribution in [3.63, 3.8) is 0 Å². The zero-order valence-corrected chi connectivity index (χ0v) is 13.6. The van der Waals surface area contributed by atoms with Gasteiger partial charge in [-0.25, -0.2) is 0 Å². The molecule has 1 fully saturated rings. The highest BCUT2D eigenvalue weighted by Gasteiger charge is 2.30. The fourth-order valence-corrected chi connectivity index (χ4v) is 3.94. The monoisotopic (exact) mass is 269 g/mol. The van der Waals surface area contributed by atoms with Crippen molar-refractivity contribution >= 4 is 0 Å². The number of aliphatic hydroxyl groups excluding tert-OH is 1. The molecule has 1 N–H and O–H groups in total. The number of aliphatic hydroxyl groups is 1. The molecule has 0 aliphatic heterocycles. The van der Waals surface area contributed by atoms with Gasteiger partial charge in [0.05, 0.1) is 0 Å². The van der Waals surface area contributed by atoms with Crippen LogP contribution in [0.3, 0.4) is 0 Å². The summed E-state index contributed by atoms with van der Waals surface area (Å²) in [5.74, 6) is 1.62. The fraction of sp³-hybridized carbons (Fsp3) is 1.00. The zero-order chi connectivity index (χ0) is 14.3. The van der Waals surface area contributed by atoms with E-state index in [1.807, 2.05) is 0 Å². The molecule has 0 radical (unpaired) electrons. The van der Waals surface area contributed by atoms with Crippen LogP contribution in [-0.4, -0.2) is 37.3 Å². The minimum absolute atomic E-state index is 0.306. The lowest BCUT2D eigenvalue weighted by molar-refractivity contribution is 0.106. The molecule has 0 bridgehead atoms. The van der Waals surface area contributed by atoms with E-state index in [4.69, 9.17) is 0 Å². The quantitative estimate of drug-likeness (QED) is 0.721. The zero-order valence-electron chi connectivity index (χ0n) is 13.6. The average molecular weight is 269 g/mol. The number of hydrogen-bond donors (Lipinski definition) is 1. The smallest absolute Gasteiger partial charge is 0.0433 e. The van der Waals surface area contributed by atoms with Gasteiger partial charge in [-0.1, -0.05) is 52.4 Å². The van der Waals surface area contributed by atoms with E-state index < -0.39 is 0 Å². The Labute approximate surface area is 120 Å². The van der Waals surface area contributed by atoms with E-state index in [-0.39, 0.29) is 0 Å². The predicted octanol–water partition coefficient (Wildman–Crippen LogP) is 3.93. The lowest BCUT2D eigenvalue weighted by Crippen LogP contribution is -2.36. The molecule has 0 spiro atoms. The molecular formula is C17H35NO. The Morgan fingerprint density at radius 1 is 1.11 bits per heavy atom. The third-order valence-corrected chi connectivity index (χ3v) is 4.95. The van der Waals surface area contributed by atoms with Crippen molar-refractivity contribution in [3.05, 3.63) is 0 Å². The van der Waals surface area contributed by atoms with Crippen molar-refractivity contribution in [2.24, 2.45) is 17.3 Å². The van der Waals surface area contributed by atoms with Gasteiger partial charge in [-0.05, 0) is 44.2 Å². The van der Waals surface area contributed by atoms with Gasteiger partial charge in [-0.15, -0.1) is 0 Å². The number of hydrogen-bond acceptors (Lipinski definition) is 2. The van der Waals surface area contributed by atoms with Crippen molar-refractivity contribution < 1.29 is 5.11 Å². The molecular weight excluding hydrogens is 234 g/mol. The van der Waals surface area contributed by atoms with Crippen LogP contribution in [0.15, 0.2) is 0 Å². The van der Waals surface area contributed by atoms with Crippen molar-refractivity contribution in [3.8, 4) is 0 Å². The predicted molar refractivity (Wildman–Crippen MR) is 83.3 cm³/mol. The molecule has 0 amide bonds. The van der Waals surface area contributed by atoms with E-state index in [9.17, 15) is 5.11 Å². The van der Waals surface area contributed by atoms with E-state index in [0.717, 1.165) is 18.9 Å². The molecule has 0 aromatic carbocycles. The molecule has 1 atom stereocenters. The SMILES string of the molecule is CN(C)CC(C)(C)C(CCO)CCC1CCCCC1. The van der Waals surface area contributed by atoms with Crippen LogP contribution in [0, 0.1) is 17.3 Å². The molecule has 1 aliphatic carbocycles. The van der Waals surface area contributed by atoms with Crippen molar-refractivity contribution in [2.75, 3.05) is 27.2 Å². The lowest BCUT2D eigenvalue weighted by Gasteiger charge is -2.37. The van der Waals surface area contributed by atoms with Gasteiger partial charge < -0.3 is 10.0 Å². The van der Waals surface area contributed by atoms with E-state index in [1.54, 1.807) is 0 Å². The summed E-state index contributed by atoms with van der Waals surface area (Å²) in [6.45, 7) is 6.19. The highest BCUT2D eigenvalue weighted by atomic mass is 16.3. The van der Waals surface area contributed by atoms with Gasteiger partial charge in [0, 0.05) is 13.2 Å². The van der Waals surface area contributed by atoms with Crippen molar-refractivity contribution in [1.82, 2.24) is 4.90 Å². The second kappa shape index (κ2) is 8.26. The van der Waals surface area contributed by atoms with E-state index in [0.29, 0.717) is 17.9 Å². The molecule has 1 unspecified atom stereocenters. The maximum atomic E-state index is 9.36. The van der Waals surface area contributed by atoms with Crippen LogP contribution in [0.25, 0.3) is 0 Å². The highest BCUT2D eigenvalue weighted by Crippen LogP contribution is 2.36. The van der Waals surface area contributed by atoms with Crippen LogP contribution in [0.1, 0.15) is 65.2 Å². The Bertz CT molecular complexity index is 231. The van der Waals surface area contributed by atoms with Gasteiger partial charge >= 0.3 is 0 Å². The van der Waals surface area contributed by atoms with Gasteiger partial charge in [0.25, 0.3) is 0 Å². The third-order valence-electron chi connectivity index (χ3n) is 4.95. The first-order valence-electron chi connectivity index (χ1n) is 8.21. The van der Waals surface area contributed by atoms with Crippen LogP contribution < -0.4 is 0 Å². The maximum absolute atomic E-state index is 9.36. The first kappa shape index (κ1) is 17.0. The summed E-state index contributed by atoms with van der Waals surface area (Å²) in [5, 5.41) is 9.36. The summed E-state index contributed by atoms with van der Waals surface area (Å²) >= 11 is 0. The van der Waals surface area contributed by atoms with Gasteiger partial charge in [0.1, 0.15) is 0 Å².